The van der Waals surface area contributed by atoms with E-state index in [-0.39, 0.29) is 144 Å². The van der Waals surface area contributed by atoms with Crippen molar-refractivity contribution in [2.24, 2.45) is 0 Å². The second-order valence-electron chi connectivity index (χ2n) is 16.3. The van der Waals surface area contributed by atoms with Gasteiger partial charge in [-0.2, -0.15) is 0 Å². The molecule has 71 heavy (non-hydrogen) atoms. The van der Waals surface area contributed by atoms with Crippen molar-refractivity contribution in [3.05, 3.63) is 93.0 Å². The van der Waals surface area contributed by atoms with E-state index in [2.05, 4.69) is 4.52 Å². The largest absolute Gasteiger partial charge is 0.472 e. The van der Waals surface area contributed by atoms with Crippen molar-refractivity contribution < 1.29 is 99.4 Å². The van der Waals surface area contributed by atoms with Crippen LogP contribution >= 0.6 is 23.5 Å². The van der Waals surface area contributed by atoms with Gasteiger partial charge in [-0.25, -0.2) is 13.7 Å². The summed E-state index contributed by atoms with van der Waals surface area (Å²) in [6.45, 7) is -3.21. The topological polar surface area (TPSA) is 348 Å². The number of aliphatic hydroxyl groups excluding tert-OH is 1. The molecule has 8 amide bonds. The predicted octanol–water partition coefficient (Wildman–Crippen LogP) is 3.40. The molecule has 0 aromatic heterocycles. The number of aliphatic hydroxyl groups is 1. The molecule has 0 fully saturated rings. The summed E-state index contributed by atoms with van der Waals surface area (Å²) >= 11 is 0. The SMILES string of the molecule is O=C1c2ccc3c4c(ccc(c24)C(=O)N1CCCOP(=O)(O)O)C(=O)N(CCCOP(=O)(O)OCCCN1C(=O)c2ccc4c5c(ccc(c25)C1=O)C(=O)N(CCCOP(=O)(O)OCCCO)C4=O)C3=O. The van der Waals surface area contributed by atoms with Crippen LogP contribution in [0.1, 0.15) is 115 Å². The quantitative estimate of drug-likeness (QED) is 0.0381. The fourth-order valence-electron chi connectivity index (χ4n) is 8.69. The lowest BCUT2D eigenvalue weighted by Crippen LogP contribution is -2.44. The summed E-state index contributed by atoms with van der Waals surface area (Å²) in [7, 11) is -14.0. The van der Waals surface area contributed by atoms with E-state index in [9.17, 15) is 61.8 Å². The van der Waals surface area contributed by atoms with Gasteiger partial charge in [0, 0.05) is 98.8 Å². The number of carbonyl (C=O) groups excluding carboxylic acids is 8. The molecule has 8 rings (SSSR count). The van der Waals surface area contributed by atoms with Crippen LogP contribution in [0.4, 0.5) is 0 Å². The van der Waals surface area contributed by atoms with E-state index in [1.807, 2.05) is 0 Å². The normalized spacial score (nSPS) is 17.3. The molecule has 4 heterocycles. The maximum absolute atomic E-state index is 13.7. The Morgan fingerprint density at radius 1 is 0.338 bits per heavy atom. The standard InChI is InChI=1S/C43H43N4O21P3/c48-18-5-23-68-71(62,63)67-22-4-17-47-42(55)30-12-10-28-34-29(11-13-31(35(30)34)43(47)56)41(54)46(40(28)53)16-3-21-66-70(60,61)65-20-2-15-45-38(51)26-8-6-24-32-25(7-9-27(33(26)32)39(45)52)37(50)44(36(24)49)14-1-19-64-69(57,58)59/h6-13,48H,1-5,14-23H2,(H,60,61)(H,62,63)(H2,57,58,59). The molecule has 0 spiro atoms. The number of rotatable bonds is 24. The molecule has 2 unspecified atom stereocenters. The molecule has 0 saturated carbocycles. The number of benzene rings is 4. The Labute approximate surface area is 401 Å². The summed E-state index contributed by atoms with van der Waals surface area (Å²) < 4.78 is 59.9. The average molecular weight is 1040 g/mol. The first-order valence-electron chi connectivity index (χ1n) is 21.8. The highest BCUT2D eigenvalue weighted by Gasteiger charge is 2.42. The Hall–Kier alpha value is -5.75. The van der Waals surface area contributed by atoms with Gasteiger partial charge in [0.1, 0.15) is 0 Å². The van der Waals surface area contributed by atoms with Gasteiger partial charge in [0.25, 0.3) is 47.3 Å². The van der Waals surface area contributed by atoms with Gasteiger partial charge in [-0.05, 0) is 80.6 Å². The molecular weight excluding hydrogens is 1000 g/mol. The van der Waals surface area contributed by atoms with Crippen molar-refractivity contribution in [2.45, 2.75) is 32.1 Å². The highest BCUT2D eigenvalue weighted by Crippen LogP contribution is 2.45. The predicted molar refractivity (Wildman–Crippen MR) is 241 cm³/mol. The van der Waals surface area contributed by atoms with Crippen molar-refractivity contribution in [1.29, 1.82) is 0 Å². The fraction of sp³-hybridized carbons (Fsp3) is 0.349. The minimum absolute atomic E-state index is 0.0195. The summed E-state index contributed by atoms with van der Waals surface area (Å²) in [6.07, 6.45) is -0.286. The summed E-state index contributed by atoms with van der Waals surface area (Å²) in [5, 5.41) is 9.23. The highest BCUT2D eigenvalue weighted by atomic mass is 31.2. The lowest BCUT2D eigenvalue weighted by molar-refractivity contribution is 0.0572. The lowest BCUT2D eigenvalue weighted by atomic mass is 9.86. The smallest absolute Gasteiger partial charge is 0.396 e. The Morgan fingerprint density at radius 2 is 0.535 bits per heavy atom. The van der Waals surface area contributed by atoms with Gasteiger partial charge in [0.15, 0.2) is 0 Å². The summed E-state index contributed by atoms with van der Waals surface area (Å²) in [5.41, 5.74) is 0.232. The fourth-order valence-corrected chi connectivity index (χ4v) is 10.6. The first-order chi connectivity index (χ1) is 33.7. The first kappa shape index (κ1) is 51.6. The molecule has 4 aliphatic rings. The molecule has 28 heteroatoms. The summed E-state index contributed by atoms with van der Waals surface area (Å²) in [4.78, 5) is 150. The first-order valence-corrected chi connectivity index (χ1v) is 26.4. The van der Waals surface area contributed by atoms with Gasteiger partial charge in [0.2, 0.25) is 0 Å². The zero-order chi connectivity index (χ0) is 51.2. The van der Waals surface area contributed by atoms with E-state index in [1.54, 1.807) is 0 Å². The van der Waals surface area contributed by atoms with Crippen LogP contribution in [-0.4, -0.2) is 157 Å². The van der Waals surface area contributed by atoms with Crippen molar-refractivity contribution in [3.8, 4) is 0 Å². The molecule has 0 saturated heterocycles. The molecule has 0 aliphatic carbocycles. The monoisotopic (exact) mass is 1040 g/mol. The van der Waals surface area contributed by atoms with Gasteiger partial charge in [-0.1, -0.05) is 0 Å². The molecule has 4 aromatic carbocycles. The third kappa shape index (κ3) is 10.2. The van der Waals surface area contributed by atoms with Gasteiger partial charge in [-0.3, -0.25) is 80.6 Å². The number of imide groups is 4. The average Bonchev–Trinajstić information content (AvgIpc) is 3.32. The summed E-state index contributed by atoms with van der Waals surface area (Å²) in [5.74, 6) is -5.99. The summed E-state index contributed by atoms with van der Waals surface area (Å²) in [6, 6.07) is 10.7. The number of nitrogens with zero attached hydrogens (tertiary/aromatic N) is 4. The Bertz CT molecular complexity index is 2980. The second kappa shape index (κ2) is 20.4. The zero-order valence-corrected chi connectivity index (χ0v) is 39.8. The number of hydrogen-bond acceptors (Lipinski definition) is 17. The van der Waals surface area contributed by atoms with Gasteiger partial charge < -0.3 is 24.7 Å². The molecule has 0 bridgehead atoms. The van der Waals surface area contributed by atoms with Crippen molar-refractivity contribution in [3.63, 3.8) is 0 Å². The van der Waals surface area contributed by atoms with E-state index >= 15 is 0 Å². The van der Waals surface area contributed by atoms with Crippen LogP contribution in [0.15, 0.2) is 48.5 Å². The van der Waals surface area contributed by atoms with Crippen LogP contribution in [0.3, 0.4) is 0 Å². The van der Waals surface area contributed by atoms with Crippen LogP contribution in [0, 0.1) is 0 Å². The molecule has 4 aromatic rings. The lowest BCUT2D eigenvalue weighted by Gasteiger charge is -2.32. The van der Waals surface area contributed by atoms with E-state index in [1.165, 1.54) is 48.5 Å². The van der Waals surface area contributed by atoms with Gasteiger partial charge >= 0.3 is 23.5 Å². The number of amides is 8. The van der Waals surface area contributed by atoms with E-state index < -0.39 is 90.5 Å². The number of phosphoric acid groups is 3. The van der Waals surface area contributed by atoms with E-state index in [0.717, 1.165) is 19.6 Å². The minimum Gasteiger partial charge on any atom is -0.396 e. The van der Waals surface area contributed by atoms with Crippen LogP contribution in [0.2, 0.25) is 0 Å². The maximum atomic E-state index is 13.7. The van der Waals surface area contributed by atoms with E-state index in [0.29, 0.717) is 0 Å². The van der Waals surface area contributed by atoms with E-state index in [4.69, 9.17) is 33.0 Å². The third-order valence-corrected chi connectivity index (χ3v) is 14.4. The third-order valence-electron chi connectivity index (χ3n) is 11.8. The van der Waals surface area contributed by atoms with Gasteiger partial charge in [0.05, 0.1) is 33.0 Å². The van der Waals surface area contributed by atoms with Crippen molar-refractivity contribution in [2.75, 3.05) is 65.8 Å². The molecule has 376 valence electrons. The van der Waals surface area contributed by atoms with Crippen LogP contribution < -0.4 is 0 Å². The Morgan fingerprint density at radius 3 is 0.732 bits per heavy atom. The molecule has 2 atom stereocenters. The van der Waals surface area contributed by atoms with Crippen LogP contribution in [-0.2, 0) is 36.3 Å². The molecule has 0 radical (unpaired) electrons. The van der Waals surface area contributed by atoms with Gasteiger partial charge in [-0.15, -0.1) is 0 Å². The second-order valence-corrected chi connectivity index (χ2v) is 20.4. The zero-order valence-electron chi connectivity index (χ0n) is 37.1. The Kier molecular flexibility index (Phi) is 14.8. The number of hydrogen-bond donors (Lipinski definition) is 5. The van der Waals surface area contributed by atoms with Crippen molar-refractivity contribution >= 4 is 92.3 Å². The maximum Gasteiger partial charge on any atom is 0.472 e. The highest BCUT2D eigenvalue weighted by molar-refractivity contribution is 7.47. The molecule has 5 N–H and O–H groups in total. The van der Waals surface area contributed by atoms with Crippen molar-refractivity contribution in [1.82, 2.24) is 19.6 Å². The van der Waals surface area contributed by atoms with Crippen LogP contribution in [0.25, 0.3) is 21.5 Å². The Balaban J connectivity index is 0.824. The molecule has 4 aliphatic heterocycles. The molecule has 25 nitrogen and oxygen atoms in total. The van der Waals surface area contributed by atoms with Crippen LogP contribution in [0.5, 0.6) is 0 Å². The number of phosphoric ester groups is 3. The minimum atomic E-state index is -4.77. The number of carbonyl (C=O) groups is 8. The molecular formula is C43H43N4O21P3.